The summed E-state index contributed by atoms with van der Waals surface area (Å²) in [4.78, 5) is 31.9. The van der Waals surface area contributed by atoms with Gasteiger partial charge in [-0.25, -0.2) is 14.2 Å². The summed E-state index contributed by atoms with van der Waals surface area (Å²) >= 11 is 1.26. The number of carbonyl (C=O) groups is 1. The highest BCUT2D eigenvalue weighted by Crippen LogP contribution is 2.30. The van der Waals surface area contributed by atoms with Gasteiger partial charge in [-0.3, -0.25) is 9.36 Å². The molecule has 3 aromatic carbocycles. The molecule has 0 amide bonds. The number of ether oxygens (including phenoxy) is 2. The van der Waals surface area contributed by atoms with Crippen molar-refractivity contribution in [1.29, 1.82) is 0 Å². The number of nitrogens with zero attached hydrogens (tertiary/aromatic N) is 2. The number of hydrogen-bond donors (Lipinski definition) is 0. The molecule has 198 valence electrons. The number of hydrogen-bond acceptors (Lipinski definition) is 6. The van der Waals surface area contributed by atoms with E-state index in [1.807, 2.05) is 43.3 Å². The van der Waals surface area contributed by atoms with E-state index in [0.717, 1.165) is 16.7 Å². The summed E-state index contributed by atoms with van der Waals surface area (Å²) in [7, 11) is 0. The number of halogens is 1. The van der Waals surface area contributed by atoms with Crippen LogP contribution in [-0.2, 0) is 16.1 Å². The number of allylic oxidation sites excluding steroid dienone is 1. The van der Waals surface area contributed by atoms with Gasteiger partial charge in [0, 0.05) is 5.56 Å². The van der Waals surface area contributed by atoms with Crippen molar-refractivity contribution in [2.45, 2.75) is 33.4 Å². The second-order valence-electron chi connectivity index (χ2n) is 9.17. The zero-order valence-electron chi connectivity index (χ0n) is 21.8. The topological polar surface area (TPSA) is 69.9 Å². The lowest BCUT2D eigenvalue weighted by molar-refractivity contribution is -0.139. The molecule has 1 aliphatic rings. The van der Waals surface area contributed by atoms with Crippen LogP contribution < -0.4 is 19.6 Å². The molecule has 1 aromatic heterocycles. The fraction of sp³-hybridized carbons (Fsp3) is 0.194. The fourth-order valence-electron chi connectivity index (χ4n) is 4.48. The number of carbonyl (C=O) groups excluding carboxylic acids is 1. The van der Waals surface area contributed by atoms with E-state index in [4.69, 9.17) is 9.47 Å². The zero-order chi connectivity index (χ0) is 27.5. The molecule has 0 bridgehead atoms. The number of aryl methyl sites for hydroxylation is 1. The maximum absolute atomic E-state index is 14.0. The molecule has 5 rings (SSSR count). The minimum absolute atomic E-state index is 0.0881. The Kier molecular flexibility index (Phi) is 7.56. The average molecular weight is 543 g/mol. The highest BCUT2D eigenvalue weighted by molar-refractivity contribution is 7.07. The molecule has 0 saturated heterocycles. The van der Waals surface area contributed by atoms with Gasteiger partial charge in [0.2, 0.25) is 0 Å². The number of aromatic nitrogens is 1. The van der Waals surface area contributed by atoms with Crippen molar-refractivity contribution in [2.24, 2.45) is 4.99 Å². The molecule has 6 nitrogen and oxygen atoms in total. The molecule has 0 fully saturated rings. The predicted octanol–water partition coefficient (Wildman–Crippen LogP) is 4.82. The smallest absolute Gasteiger partial charge is 0.338 e. The lowest BCUT2D eigenvalue weighted by Gasteiger charge is -2.24. The Bertz CT molecular complexity index is 1750. The van der Waals surface area contributed by atoms with E-state index in [9.17, 15) is 14.0 Å². The van der Waals surface area contributed by atoms with Gasteiger partial charge in [0.05, 0.1) is 28.5 Å². The third-order valence-electron chi connectivity index (χ3n) is 6.42. The van der Waals surface area contributed by atoms with Crippen LogP contribution in [0.25, 0.3) is 6.08 Å². The fourth-order valence-corrected chi connectivity index (χ4v) is 5.52. The predicted molar refractivity (Wildman–Crippen MR) is 149 cm³/mol. The second-order valence-corrected chi connectivity index (χ2v) is 10.2. The van der Waals surface area contributed by atoms with Crippen molar-refractivity contribution in [3.63, 3.8) is 0 Å². The van der Waals surface area contributed by atoms with Gasteiger partial charge in [-0.1, -0.05) is 71.5 Å². The molecule has 39 heavy (non-hydrogen) atoms. The summed E-state index contributed by atoms with van der Waals surface area (Å²) in [5.41, 5.74) is 3.70. The monoisotopic (exact) mass is 542 g/mol. The van der Waals surface area contributed by atoms with E-state index >= 15 is 0 Å². The molecule has 0 unspecified atom stereocenters. The highest BCUT2D eigenvalue weighted by Gasteiger charge is 2.33. The first-order valence-corrected chi connectivity index (χ1v) is 13.4. The molecule has 0 spiro atoms. The van der Waals surface area contributed by atoms with E-state index < -0.39 is 12.0 Å². The zero-order valence-corrected chi connectivity index (χ0v) is 22.6. The van der Waals surface area contributed by atoms with Crippen molar-refractivity contribution >= 4 is 23.4 Å². The normalized spacial score (nSPS) is 15.1. The molecule has 0 N–H and O–H groups in total. The Morgan fingerprint density at radius 3 is 2.59 bits per heavy atom. The average Bonchev–Trinajstić information content (AvgIpc) is 3.22. The number of esters is 1. The highest BCUT2D eigenvalue weighted by atomic mass is 32.1. The first-order chi connectivity index (χ1) is 18.9. The van der Waals surface area contributed by atoms with Gasteiger partial charge in [-0.2, -0.15) is 0 Å². The van der Waals surface area contributed by atoms with E-state index in [0.29, 0.717) is 31.9 Å². The summed E-state index contributed by atoms with van der Waals surface area (Å²) in [6.07, 6.45) is 1.77. The van der Waals surface area contributed by atoms with E-state index in [1.165, 1.54) is 17.4 Å². The van der Waals surface area contributed by atoms with Gasteiger partial charge in [0.25, 0.3) is 5.56 Å². The van der Waals surface area contributed by atoms with Crippen LogP contribution in [-0.4, -0.2) is 17.1 Å². The maximum Gasteiger partial charge on any atom is 0.338 e. The largest absolute Gasteiger partial charge is 0.489 e. The Labute approximate surface area is 229 Å². The van der Waals surface area contributed by atoms with Crippen LogP contribution in [0.3, 0.4) is 0 Å². The first kappa shape index (κ1) is 26.3. The summed E-state index contributed by atoms with van der Waals surface area (Å²) in [6, 6.07) is 20.8. The van der Waals surface area contributed by atoms with Gasteiger partial charge < -0.3 is 9.47 Å². The molecule has 2 heterocycles. The lowest BCUT2D eigenvalue weighted by atomic mass is 9.95. The van der Waals surface area contributed by atoms with Crippen molar-refractivity contribution in [3.05, 3.63) is 132 Å². The van der Waals surface area contributed by atoms with Crippen molar-refractivity contribution in [3.8, 4) is 5.75 Å². The SMILES string of the molecule is CCOC(=O)C1=C(C)N=c2s/c(=C\c3cccc(OCc4ccccc4F)c3)c(=O)n2[C@H]1c1ccc(C)cc1. The standard InChI is InChI=1S/C31H27FN2O4S/c1-4-37-30(36)27-20(3)33-31-34(28(27)22-14-12-19(2)13-15-22)29(35)26(39-31)17-21-8-7-10-24(16-21)38-18-23-9-5-6-11-25(23)32/h5-17,28H,4,18H2,1-3H3/b26-17-/t28-/m0/s1. The van der Waals surface area contributed by atoms with Crippen molar-refractivity contribution < 1.29 is 18.7 Å². The summed E-state index contributed by atoms with van der Waals surface area (Å²) < 4.78 is 27.2. The number of benzene rings is 3. The van der Waals surface area contributed by atoms with Crippen LogP contribution in [0.2, 0.25) is 0 Å². The van der Waals surface area contributed by atoms with E-state index in [-0.39, 0.29) is 24.6 Å². The third kappa shape index (κ3) is 5.47. The molecule has 8 heteroatoms. The Balaban J connectivity index is 1.55. The van der Waals surface area contributed by atoms with Gasteiger partial charge in [-0.15, -0.1) is 0 Å². The van der Waals surface area contributed by atoms with Gasteiger partial charge in [-0.05, 0) is 56.2 Å². The Morgan fingerprint density at radius 1 is 1.08 bits per heavy atom. The molecule has 0 radical (unpaired) electrons. The van der Waals surface area contributed by atoms with Gasteiger partial charge in [0.15, 0.2) is 4.80 Å². The maximum atomic E-state index is 14.0. The van der Waals surface area contributed by atoms with Crippen molar-refractivity contribution in [2.75, 3.05) is 6.61 Å². The lowest BCUT2D eigenvalue weighted by Crippen LogP contribution is -2.39. The van der Waals surface area contributed by atoms with Gasteiger partial charge in [0.1, 0.15) is 18.2 Å². The van der Waals surface area contributed by atoms with E-state index in [1.54, 1.807) is 54.8 Å². The first-order valence-electron chi connectivity index (χ1n) is 12.6. The summed E-state index contributed by atoms with van der Waals surface area (Å²) in [6.45, 7) is 5.80. The Hall–Kier alpha value is -4.30. The summed E-state index contributed by atoms with van der Waals surface area (Å²) in [5, 5.41) is 0. The Morgan fingerprint density at radius 2 is 1.85 bits per heavy atom. The number of rotatable bonds is 7. The minimum atomic E-state index is -0.654. The van der Waals surface area contributed by atoms with Crippen LogP contribution in [0.5, 0.6) is 5.75 Å². The van der Waals surface area contributed by atoms with E-state index in [2.05, 4.69) is 4.99 Å². The molecule has 4 aromatic rings. The quantitative estimate of drug-likeness (QED) is 0.314. The second kappa shape index (κ2) is 11.2. The van der Waals surface area contributed by atoms with Gasteiger partial charge >= 0.3 is 5.97 Å². The molecule has 0 aliphatic carbocycles. The van der Waals surface area contributed by atoms with Crippen LogP contribution in [0.15, 0.2) is 93.9 Å². The molecule has 1 aliphatic heterocycles. The van der Waals surface area contributed by atoms with Crippen LogP contribution in [0, 0.1) is 12.7 Å². The molecule has 0 saturated carbocycles. The number of fused-ring (bicyclic) bond motifs is 1. The minimum Gasteiger partial charge on any atom is -0.489 e. The molecular formula is C31H27FN2O4S. The van der Waals surface area contributed by atoms with Crippen LogP contribution >= 0.6 is 11.3 Å². The van der Waals surface area contributed by atoms with Crippen LogP contribution in [0.1, 0.15) is 42.1 Å². The molecule has 1 atom stereocenters. The molecular weight excluding hydrogens is 515 g/mol. The third-order valence-corrected chi connectivity index (χ3v) is 7.40. The summed E-state index contributed by atoms with van der Waals surface area (Å²) in [5.74, 6) is -0.258. The number of thiazole rings is 1. The van der Waals surface area contributed by atoms with Crippen LogP contribution in [0.4, 0.5) is 4.39 Å². The van der Waals surface area contributed by atoms with Crippen molar-refractivity contribution in [1.82, 2.24) is 4.57 Å².